The van der Waals surface area contributed by atoms with Crippen molar-refractivity contribution in [3.8, 4) is 57.2 Å². The molecule has 0 amide bonds. The minimum atomic E-state index is -2.08. The molecule has 0 aliphatic rings. The first-order chi connectivity index (χ1) is 22.6. The summed E-state index contributed by atoms with van der Waals surface area (Å²) in [4.78, 5) is 0.368. The van der Waals surface area contributed by atoms with Gasteiger partial charge in [-0.15, -0.1) is 0 Å². The zero-order valence-corrected chi connectivity index (χ0v) is 26.7. The Bertz CT molecular complexity index is 1790. The Hall–Kier alpha value is -5.06. The van der Waals surface area contributed by atoms with Gasteiger partial charge in [-0.05, 0) is 49.2 Å². The van der Waals surface area contributed by atoms with E-state index in [0.29, 0.717) is 33.8 Å². The molecule has 0 aliphatic heterocycles. The van der Waals surface area contributed by atoms with Crippen molar-refractivity contribution in [2.45, 2.75) is 23.6 Å². The molecule has 4 aromatic carbocycles. The van der Waals surface area contributed by atoms with E-state index in [9.17, 15) is 8.42 Å². The van der Waals surface area contributed by atoms with Gasteiger partial charge >= 0.3 is 11.9 Å². The Kier molecular flexibility index (Phi) is 9.66. The number of ether oxygens (including phenoxy) is 2. The highest BCUT2D eigenvalue weighted by Crippen LogP contribution is 2.52. The maximum Gasteiger partial charge on any atom is 0.306 e. The molecule has 0 fully saturated rings. The monoisotopic (exact) mass is 654 g/mol. The van der Waals surface area contributed by atoms with Gasteiger partial charge in [-0.2, -0.15) is 0 Å². The van der Waals surface area contributed by atoms with Crippen LogP contribution in [0, 0.1) is 0 Å². The predicted octanol–water partition coefficient (Wildman–Crippen LogP) is 8.87. The molecule has 0 bridgehead atoms. The summed E-state index contributed by atoms with van der Waals surface area (Å²) in [6.45, 7) is 4.05. The van der Waals surface area contributed by atoms with Gasteiger partial charge in [-0.3, -0.25) is 0 Å². The van der Waals surface area contributed by atoms with Crippen LogP contribution in [0.1, 0.15) is 13.8 Å². The SMILES string of the molecule is CCOc1oc(-c2oc(OCC)c(S(=O)Oc3ccccc3)c2-c2ccccc2)c(-c2ccccc2)c1S(=O)Oc1ccccc1. The van der Waals surface area contributed by atoms with Gasteiger partial charge in [-0.1, -0.05) is 97.1 Å². The van der Waals surface area contributed by atoms with E-state index in [2.05, 4.69) is 0 Å². The Morgan fingerprint density at radius 1 is 0.500 bits per heavy atom. The fourth-order valence-electron chi connectivity index (χ4n) is 4.81. The maximum absolute atomic E-state index is 14.0. The van der Waals surface area contributed by atoms with Crippen LogP contribution in [-0.4, -0.2) is 21.6 Å². The van der Waals surface area contributed by atoms with Crippen molar-refractivity contribution in [1.29, 1.82) is 0 Å². The average molecular weight is 655 g/mol. The second-order valence-electron chi connectivity index (χ2n) is 9.71. The molecule has 2 heterocycles. The van der Waals surface area contributed by atoms with Crippen molar-refractivity contribution in [3.63, 3.8) is 0 Å². The van der Waals surface area contributed by atoms with Crippen LogP contribution in [0.3, 0.4) is 0 Å². The second-order valence-corrected chi connectivity index (χ2v) is 11.8. The Morgan fingerprint density at radius 3 is 1.15 bits per heavy atom. The standard InChI is InChI=1S/C36H30O8S2/c1-3-39-35-33(45(37)43-27-21-13-7-14-22-27)29(25-17-9-5-10-18-25)31(41-35)32-30(26-19-11-6-12-20-26)34(36(42-32)40-4-2)46(38)44-28-23-15-8-16-24-28/h5-24H,3-4H2,1-2H3. The lowest BCUT2D eigenvalue weighted by molar-refractivity contribution is 0.241. The third kappa shape index (κ3) is 6.49. The number of rotatable bonds is 13. The number of furan rings is 2. The van der Waals surface area contributed by atoms with Gasteiger partial charge in [-0.25, -0.2) is 8.42 Å². The number of hydrogen-bond donors (Lipinski definition) is 0. The van der Waals surface area contributed by atoms with Crippen LogP contribution in [0.4, 0.5) is 0 Å². The first-order valence-corrected chi connectivity index (χ1v) is 16.7. The molecule has 6 aromatic rings. The number of para-hydroxylation sites is 2. The average Bonchev–Trinajstić information content (AvgIpc) is 3.66. The van der Waals surface area contributed by atoms with Crippen molar-refractivity contribution >= 4 is 22.2 Å². The number of benzene rings is 4. The van der Waals surface area contributed by atoms with E-state index in [1.54, 1.807) is 62.4 Å². The van der Waals surface area contributed by atoms with Crippen molar-refractivity contribution in [2.24, 2.45) is 0 Å². The fraction of sp³-hybridized carbons (Fsp3) is 0.111. The molecular weight excluding hydrogens is 625 g/mol. The molecule has 0 N–H and O–H groups in total. The van der Waals surface area contributed by atoms with Crippen molar-refractivity contribution < 1.29 is 35.1 Å². The van der Waals surface area contributed by atoms with Crippen molar-refractivity contribution in [2.75, 3.05) is 13.2 Å². The Labute approximate surface area is 271 Å². The van der Waals surface area contributed by atoms with Crippen LogP contribution in [-0.2, 0) is 22.2 Å². The first-order valence-electron chi connectivity index (χ1n) is 14.6. The lowest BCUT2D eigenvalue weighted by Gasteiger charge is -2.09. The molecular formula is C36H30O8S2. The molecule has 2 aromatic heterocycles. The fourth-order valence-corrected chi connectivity index (χ4v) is 6.78. The minimum Gasteiger partial charge on any atom is -0.464 e. The van der Waals surface area contributed by atoms with Crippen molar-refractivity contribution in [1.82, 2.24) is 0 Å². The summed E-state index contributed by atoms with van der Waals surface area (Å²) >= 11 is -4.15. The number of hydrogen-bond acceptors (Lipinski definition) is 8. The highest BCUT2D eigenvalue weighted by Gasteiger charge is 2.37. The molecule has 10 heteroatoms. The summed E-state index contributed by atoms with van der Waals surface area (Å²) in [6.07, 6.45) is 0. The van der Waals surface area contributed by atoms with Crippen LogP contribution in [0.25, 0.3) is 33.8 Å². The highest BCUT2D eigenvalue weighted by atomic mass is 32.2. The predicted molar refractivity (Wildman–Crippen MR) is 177 cm³/mol. The van der Waals surface area contributed by atoms with Crippen LogP contribution >= 0.6 is 0 Å². The van der Waals surface area contributed by atoms with Gasteiger partial charge in [0.2, 0.25) is 22.2 Å². The van der Waals surface area contributed by atoms with Gasteiger partial charge in [0, 0.05) is 0 Å². The third-order valence-corrected chi connectivity index (χ3v) is 8.81. The normalized spacial score (nSPS) is 12.3. The lowest BCUT2D eigenvalue weighted by Crippen LogP contribution is -2.04. The molecule has 6 rings (SSSR count). The quantitative estimate of drug-likeness (QED) is 0.122. The molecule has 46 heavy (non-hydrogen) atoms. The topological polar surface area (TPSA) is 97.3 Å². The minimum absolute atomic E-state index is 0.00203. The van der Waals surface area contributed by atoms with Gasteiger partial charge in [0.05, 0.1) is 24.3 Å². The molecule has 2 unspecified atom stereocenters. The van der Waals surface area contributed by atoms with Gasteiger partial charge in [0.25, 0.3) is 0 Å². The second kappa shape index (κ2) is 14.4. The molecule has 0 saturated heterocycles. The van der Waals surface area contributed by atoms with Crippen LogP contribution in [0.5, 0.6) is 23.4 Å². The van der Waals surface area contributed by atoms with Gasteiger partial charge in [0.1, 0.15) is 11.5 Å². The summed E-state index contributed by atoms with van der Waals surface area (Å²) in [5.74, 6) is 1.20. The molecule has 0 saturated carbocycles. The van der Waals surface area contributed by atoms with Crippen LogP contribution in [0.15, 0.2) is 140 Å². The van der Waals surface area contributed by atoms with E-state index in [1.807, 2.05) is 72.8 Å². The van der Waals surface area contributed by atoms with Crippen molar-refractivity contribution in [3.05, 3.63) is 121 Å². The Balaban J connectivity index is 1.62. The third-order valence-electron chi connectivity index (χ3n) is 6.71. The summed E-state index contributed by atoms with van der Waals surface area (Å²) in [6, 6.07) is 36.3. The lowest BCUT2D eigenvalue weighted by atomic mass is 10.0. The molecule has 8 nitrogen and oxygen atoms in total. The van der Waals surface area contributed by atoms with E-state index in [1.165, 1.54) is 0 Å². The Morgan fingerprint density at radius 2 is 0.826 bits per heavy atom. The largest absolute Gasteiger partial charge is 0.464 e. The summed E-state index contributed by atoms with van der Waals surface area (Å²) in [5.41, 5.74) is 2.19. The van der Waals surface area contributed by atoms with E-state index in [0.717, 1.165) is 0 Å². The molecule has 0 spiro atoms. The zero-order valence-electron chi connectivity index (χ0n) is 25.0. The molecule has 2 atom stereocenters. The first kappa shape index (κ1) is 30.9. The van der Waals surface area contributed by atoms with Crippen LogP contribution in [0.2, 0.25) is 0 Å². The van der Waals surface area contributed by atoms with Gasteiger partial charge in [0.15, 0.2) is 21.3 Å². The van der Waals surface area contributed by atoms with E-state index in [4.69, 9.17) is 26.7 Å². The molecule has 0 radical (unpaired) electrons. The van der Waals surface area contributed by atoms with E-state index < -0.39 is 22.2 Å². The summed E-state index contributed by atoms with van der Waals surface area (Å²) < 4.78 is 64.5. The van der Waals surface area contributed by atoms with Gasteiger partial charge < -0.3 is 26.7 Å². The smallest absolute Gasteiger partial charge is 0.306 e. The molecule has 0 aliphatic carbocycles. The van der Waals surface area contributed by atoms with Crippen LogP contribution < -0.4 is 17.8 Å². The summed E-state index contributed by atoms with van der Waals surface area (Å²) in [7, 11) is 0. The maximum atomic E-state index is 14.0. The van der Waals surface area contributed by atoms with E-state index in [-0.39, 0.29) is 46.4 Å². The highest BCUT2D eigenvalue weighted by molar-refractivity contribution is 7.81. The van der Waals surface area contributed by atoms with E-state index >= 15 is 0 Å². The summed E-state index contributed by atoms with van der Waals surface area (Å²) in [5, 5.41) is 0. The zero-order chi connectivity index (χ0) is 31.9. The molecule has 234 valence electrons.